The molecule has 0 aliphatic rings. The van der Waals surface area contributed by atoms with Crippen molar-refractivity contribution < 1.29 is 18.3 Å². The summed E-state index contributed by atoms with van der Waals surface area (Å²) in [6.07, 6.45) is -2.90. The fraction of sp³-hybridized carbons (Fsp3) is 0.500. The number of rotatable bonds is 5. The largest absolute Gasteiger partial charge is 0.405 e. The van der Waals surface area contributed by atoms with Crippen molar-refractivity contribution in [1.82, 2.24) is 4.98 Å². The van der Waals surface area contributed by atoms with E-state index >= 15 is 0 Å². The zero-order chi connectivity index (χ0) is 12.9. The lowest BCUT2D eigenvalue weighted by Gasteiger charge is -2.24. The summed E-state index contributed by atoms with van der Waals surface area (Å²) in [7, 11) is 0. The van der Waals surface area contributed by atoms with Crippen LogP contribution in [0.2, 0.25) is 0 Å². The van der Waals surface area contributed by atoms with Gasteiger partial charge in [0.2, 0.25) is 0 Å². The lowest BCUT2D eigenvalue weighted by atomic mass is 10.3. The number of aromatic nitrogens is 1. The van der Waals surface area contributed by atoms with Crippen molar-refractivity contribution in [2.24, 2.45) is 5.73 Å². The van der Waals surface area contributed by atoms with Crippen LogP contribution in [0.4, 0.5) is 19.0 Å². The molecule has 1 aromatic heterocycles. The lowest BCUT2D eigenvalue weighted by molar-refractivity contribution is -0.119. The van der Waals surface area contributed by atoms with Gasteiger partial charge in [-0.2, -0.15) is 13.2 Å². The highest BCUT2D eigenvalue weighted by Gasteiger charge is 2.31. The number of anilines is 1. The second kappa shape index (κ2) is 5.83. The van der Waals surface area contributed by atoms with Gasteiger partial charge in [-0.1, -0.05) is 6.07 Å². The molecule has 0 aliphatic heterocycles. The van der Waals surface area contributed by atoms with E-state index in [2.05, 4.69) is 4.98 Å². The van der Waals surface area contributed by atoms with Crippen molar-refractivity contribution in [3.05, 3.63) is 23.9 Å². The maximum Gasteiger partial charge on any atom is 0.405 e. The fourth-order valence-electron chi connectivity index (χ4n) is 1.34. The molecular weight excluding hydrogens is 235 g/mol. The third-order valence-corrected chi connectivity index (χ3v) is 2.11. The van der Waals surface area contributed by atoms with Crippen LogP contribution in [0.3, 0.4) is 0 Å². The van der Waals surface area contributed by atoms with Gasteiger partial charge in [0.25, 0.3) is 0 Å². The Morgan fingerprint density at radius 1 is 1.35 bits per heavy atom. The Bertz CT molecular complexity index is 340. The van der Waals surface area contributed by atoms with E-state index in [9.17, 15) is 13.2 Å². The quantitative estimate of drug-likeness (QED) is 0.814. The Morgan fingerprint density at radius 2 is 2.06 bits per heavy atom. The SMILES string of the molecule is NCc1ccc(N(CCO)CC(F)(F)F)nc1. The minimum absolute atomic E-state index is 0.117. The molecule has 7 heteroatoms. The zero-order valence-corrected chi connectivity index (χ0v) is 9.11. The van der Waals surface area contributed by atoms with Gasteiger partial charge < -0.3 is 15.7 Å². The van der Waals surface area contributed by atoms with Gasteiger partial charge in [-0.15, -0.1) is 0 Å². The Balaban J connectivity index is 2.81. The lowest BCUT2D eigenvalue weighted by Crippen LogP contribution is -2.36. The number of nitrogens with two attached hydrogens (primary N) is 1. The molecule has 0 radical (unpaired) electrons. The Kier molecular flexibility index (Phi) is 4.71. The van der Waals surface area contributed by atoms with Gasteiger partial charge in [0.05, 0.1) is 6.61 Å². The predicted molar refractivity (Wildman–Crippen MR) is 57.5 cm³/mol. The maximum atomic E-state index is 12.3. The summed E-state index contributed by atoms with van der Waals surface area (Å²) in [6, 6.07) is 3.08. The van der Waals surface area contributed by atoms with E-state index in [-0.39, 0.29) is 25.5 Å². The van der Waals surface area contributed by atoms with Crippen LogP contribution < -0.4 is 10.6 Å². The van der Waals surface area contributed by atoms with E-state index in [0.29, 0.717) is 0 Å². The van der Waals surface area contributed by atoms with Crippen LogP contribution in [0.25, 0.3) is 0 Å². The molecule has 0 bridgehead atoms. The molecule has 1 rings (SSSR count). The van der Waals surface area contributed by atoms with E-state index in [1.54, 1.807) is 6.07 Å². The topological polar surface area (TPSA) is 62.4 Å². The molecule has 0 spiro atoms. The van der Waals surface area contributed by atoms with Gasteiger partial charge in [0, 0.05) is 19.3 Å². The summed E-state index contributed by atoms with van der Waals surface area (Å²) in [4.78, 5) is 4.86. The second-order valence-electron chi connectivity index (χ2n) is 3.49. The molecule has 0 aliphatic carbocycles. The molecule has 0 aromatic carbocycles. The number of aliphatic hydroxyl groups excluding tert-OH is 1. The predicted octanol–water partition coefficient (Wildman–Crippen LogP) is 0.901. The van der Waals surface area contributed by atoms with Crippen LogP contribution in [-0.2, 0) is 6.54 Å². The first-order valence-electron chi connectivity index (χ1n) is 5.04. The second-order valence-corrected chi connectivity index (χ2v) is 3.49. The number of hydrogen-bond donors (Lipinski definition) is 2. The molecule has 0 amide bonds. The van der Waals surface area contributed by atoms with Crippen molar-refractivity contribution >= 4 is 5.82 Å². The number of pyridine rings is 1. The Morgan fingerprint density at radius 3 is 2.47 bits per heavy atom. The number of nitrogens with zero attached hydrogens (tertiary/aromatic N) is 2. The van der Waals surface area contributed by atoms with Gasteiger partial charge in [-0.25, -0.2) is 4.98 Å². The summed E-state index contributed by atoms with van der Waals surface area (Å²) >= 11 is 0. The molecule has 4 nitrogen and oxygen atoms in total. The van der Waals surface area contributed by atoms with Crippen LogP contribution in [0.15, 0.2) is 18.3 Å². The zero-order valence-electron chi connectivity index (χ0n) is 9.11. The molecular formula is C10H14F3N3O. The van der Waals surface area contributed by atoms with Gasteiger partial charge in [-0.3, -0.25) is 0 Å². The van der Waals surface area contributed by atoms with Crippen molar-refractivity contribution in [2.45, 2.75) is 12.7 Å². The number of aliphatic hydroxyl groups is 1. The highest BCUT2D eigenvalue weighted by molar-refractivity contribution is 5.39. The van der Waals surface area contributed by atoms with Crippen LogP contribution in [0.1, 0.15) is 5.56 Å². The minimum Gasteiger partial charge on any atom is -0.395 e. The highest BCUT2D eigenvalue weighted by atomic mass is 19.4. The van der Waals surface area contributed by atoms with Gasteiger partial charge in [-0.05, 0) is 11.6 Å². The van der Waals surface area contributed by atoms with Crippen LogP contribution >= 0.6 is 0 Å². The maximum absolute atomic E-state index is 12.3. The average Bonchev–Trinajstić information content (AvgIpc) is 2.27. The monoisotopic (exact) mass is 249 g/mol. The molecule has 96 valence electrons. The highest BCUT2D eigenvalue weighted by Crippen LogP contribution is 2.20. The van der Waals surface area contributed by atoms with Gasteiger partial charge >= 0.3 is 6.18 Å². The smallest absolute Gasteiger partial charge is 0.395 e. The van der Waals surface area contributed by atoms with Crippen molar-refractivity contribution in [1.29, 1.82) is 0 Å². The van der Waals surface area contributed by atoms with Gasteiger partial charge in [0.1, 0.15) is 12.4 Å². The Labute approximate surface area is 96.9 Å². The van der Waals surface area contributed by atoms with E-state index < -0.39 is 12.7 Å². The molecule has 17 heavy (non-hydrogen) atoms. The number of halogens is 3. The minimum atomic E-state index is -4.33. The van der Waals surface area contributed by atoms with E-state index in [4.69, 9.17) is 10.8 Å². The number of hydrogen-bond acceptors (Lipinski definition) is 4. The van der Waals surface area contributed by atoms with Gasteiger partial charge in [0.15, 0.2) is 0 Å². The van der Waals surface area contributed by atoms with Crippen molar-refractivity contribution in [3.63, 3.8) is 0 Å². The fourth-order valence-corrected chi connectivity index (χ4v) is 1.34. The molecule has 0 saturated carbocycles. The molecule has 3 N–H and O–H groups in total. The van der Waals surface area contributed by atoms with Crippen molar-refractivity contribution in [2.75, 3.05) is 24.6 Å². The van der Waals surface area contributed by atoms with Crippen molar-refractivity contribution in [3.8, 4) is 0 Å². The van der Waals surface area contributed by atoms with E-state index in [1.807, 2.05) is 0 Å². The molecule has 0 atom stereocenters. The number of alkyl halides is 3. The van der Waals surface area contributed by atoms with E-state index in [0.717, 1.165) is 10.5 Å². The summed E-state index contributed by atoms with van der Waals surface area (Å²) in [6.45, 7) is -1.33. The molecule has 1 heterocycles. The average molecular weight is 249 g/mol. The standard InChI is InChI=1S/C10H14F3N3O/c11-10(12,13)7-16(3-4-17)9-2-1-8(5-14)6-15-9/h1-2,6,17H,3-5,7,14H2. The molecule has 0 unspecified atom stereocenters. The van der Waals surface area contributed by atoms with E-state index in [1.165, 1.54) is 12.3 Å². The van der Waals surface area contributed by atoms with Crippen LogP contribution in [-0.4, -0.2) is 36.0 Å². The summed E-state index contributed by atoms with van der Waals surface area (Å²) < 4.78 is 36.9. The third-order valence-electron chi connectivity index (χ3n) is 2.11. The molecule has 0 fully saturated rings. The first-order valence-corrected chi connectivity index (χ1v) is 5.04. The van der Waals surface area contributed by atoms with Crippen LogP contribution in [0, 0.1) is 0 Å². The summed E-state index contributed by atoms with van der Waals surface area (Å²) in [5, 5.41) is 8.74. The van der Waals surface area contributed by atoms with Crippen LogP contribution in [0.5, 0.6) is 0 Å². The normalized spacial score (nSPS) is 11.6. The first kappa shape index (κ1) is 13.7. The summed E-state index contributed by atoms with van der Waals surface area (Å²) in [5.41, 5.74) is 6.10. The summed E-state index contributed by atoms with van der Waals surface area (Å²) in [5.74, 6) is 0.175. The Hall–Kier alpha value is -1.34. The molecule has 1 aromatic rings. The first-order chi connectivity index (χ1) is 7.96. The third kappa shape index (κ3) is 4.58. The molecule has 0 saturated heterocycles.